The molecule has 1 atom stereocenters. The predicted molar refractivity (Wildman–Crippen MR) is 102 cm³/mol. The van der Waals surface area contributed by atoms with Crippen LogP contribution < -0.4 is 19.7 Å². The first kappa shape index (κ1) is 19.2. The molecule has 8 nitrogen and oxygen atoms in total. The van der Waals surface area contributed by atoms with Crippen molar-refractivity contribution < 1.29 is 28.6 Å². The molecule has 1 aliphatic heterocycles. The number of anilines is 2. The zero-order chi connectivity index (χ0) is 20.3. The van der Waals surface area contributed by atoms with Crippen LogP contribution in [0.5, 0.6) is 11.5 Å². The van der Waals surface area contributed by atoms with Crippen molar-refractivity contribution >= 4 is 29.2 Å². The maximum atomic E-state index is 12.8. The summed E-state index contributed by atoms with van der Waals surface area (Å²) in [5.41, 5.74) is 1.43. The maximum absolute atomic E-state index is 12.8. The Hall–Kier alpha value is -3.55. The van der Waals surface area contributed by atoms with Crippen molar-refractivity contribution in [1.82, 2.24) is 0 Å². The van der Waals surface area contributed by atoms with Crippen molar-refractivity contribution in [2.24, 2.45) is 0 Å². The van der Waals surface area contributed by atoms with Crippen LogP contribution in [0, 0.1) is 0 Å². The molecule has 3 rings (SSSR count). The van der Waals surface area contributed by atoms with Crippen molar-refractivity contribution in [2.45, 2.75) is 12.5 Å². The van der Waals surface area contributed by atoms with Gasteiger partial charge >= 0.3 is 5.97 Å². The minimum absolute atomic E-state index is 0.0198. The highest BCUT2D eigenvalue weighted by atomic mass is 16.5. The summed E-state index contributed by atoms with van der Waals surface area (Å²) >= 11 is 0. The molecule has 1 fully saturated rings. The van der Waals surface area contributed by atoms with E-state index >= 15 is 0 Å². The average molecular weight is 384 g/mol. The van der Waals surface area contributed by atoms with Gasteiger partial charge in [0.15, 0.2) is 11.5 Å². The van der Waals surface area contributed by atoms with Gasteiger partial charge in [-0.15, -0.1) is 0 Å². The molecule has 28 heavy (non-hydrogen) atoms. The number of hydrogen-bond acceptors (Lipinski definition) is 7. The van der Waals surface area contributed by atoms with Gasteiger partial charge in [0.25, 0.3) is 5.91 Å². The van der Waals surface area contributed by atoms with E-state index in [0.29, 0.717) is 28.4 Å². The van der Waals surface area contributed by atoms with Crippen molar-refractivity contribution in [3.05, 3.63) is 48.0 Å². The molecular formula is C20H20N2O6. The maximum Gasteiger partial charge on any atom is 0.337 e. The van der Waals surface area contributed by atoms with Crippen molar-refractivity contribution in [3.63, 3.8) is 0 Å². The number of amides is 2. The lowest BCUT2D eigenvalue weighted by molar-refractivity contribution is -0.121. The Labute approximate surface area is 162 Å². The topological polar surface area (TPSA) is 94.2 Å². The Bertz CT molecular complexity index is 909. The fourth-order valence-corrected chi connectivity index (χ4v) is 3.00. The SMILES string of the molecule is COC(=O)c1ccc(NC2CC(=O)N(c3ccc(OC)c(OC)c3)C2=O)cc1. The van der Waals surface area contributed by atoms with Gasteiger partial charge in [0, 0.05) is 11.8 Å². The number of rotatable bonds is 6. The van der Waals surface area contributed by atoms with E-state index < -0.39 is 12.0 Å². The molecule has 1 saturated heterocycles. The van der Waals surface area contributed by atoms with Gasteiger partial charge < -0.3 is 19.5 Å². The first-order valence-corrected chi connectivity index (χ1v) is 8.52. The quantitative estimate of drug-likeness (QED) is 0.603. The fraction of sp³-hybridized carbons (Fsp3) is 0.250. The van der Waals surface area contributed by atoms with Gasteiger partial charge in [0.05, 0.1) is 39.0 Å². The lowest BCUT2D eigenvalue weighted by Crippen LogP contribution is -2.34. The molecular weight excluding hydrogens is 364 g/mol. The molecule has 0 radical (unpaired) electrons. The molecule has 0 aromatic heterocycles. The van der Waals surface area contributed by atoms with E-state index in [4.69, 9.17) is 9.47 Å². The summed E-state index contributed by atoms with van der Waals surface area (Å²) in [5, 5.41) is 3.04. The van der Waals surface area contributed by atoms with Crippen LogP contribution >= 0.6 is 0 Å². The van der Waals surface area contributed by atoms with Crippen molar-refractivity contribution in [3.8, 4) is 11.5 Å². The van der Waals surface area contributed by atoms with Crippen LogP contribution in [-0.4, -0.2) is 45.2 Å². The van der Waals surface area contributed by atoms with E-state index in [1.807, 2.05) is 0 Å². The Morgan fingerprint density at radius 1 is 1.00 bits per heavy atom. The third kappa shape index (κ3) is 3.62. The summed E-state index contributed by atoms with van der Waals surface area (Å²) in [6.45, 7) is 0. The van der Waals surface area contributed by atoms with Gasteiger partial charge in [-0.1, -0.05) is 0 Å². The van der Waals surface area contributed by atoms with Crippen LogP contribution in [-0.2, 0) is 14.3 Å². The molecule has 0 spiro atoms. The summed E-state index contributed by atoms with van der Waals surface area (Å²) in [6.07, 6.45) is 0.0198. The highest BCUT2D eigenvalue weighted by Crippen LogP contribution is 2.34. The normalized spacial score (nSPS) is 16.1. The second kappa shape index (κ2) is 7.99. The molecule has 0 bridgehead atoms. The number of nitrogens with one attached hydrogen (secondary N) is 1. The van der Waals surface area contributed by atoms with E-state index in [9.17, 15) is 14.4 Å². The average Bonchev–Trinajstić information content (AvgIpc) is 3.00. The number of esters is 1. The summed E-state index contributed by atoms with van der Waals surface area (Å²) in [5.74, 6) is -0.199. The Morgan fingerprint density at radius 3 is 2.29 bits per heavy atom. The number of methoxy groups -OCH3 is 3. The van der Waals surface area contributed by atoms with Crippen LogP contribution in [0.25, 0.3) is 0 Å². The molecule has 1 aliphatic rings. The van der Waals surface area contributed by atoms with Gasteiger partial charge in [-0.3, -0.25) is 9.59 Å². The molecule has 0 saturated carbocycles. The lowest BCUT2D eigenvalue weighted by Gasteiger charge is -2.18. The lowest BCUT2D eigenvalue weighted by atomic mass is 10.2. The van der Waals surface area contributed by atoms with Crippen molar-refractivity contribution in [2.75, 3.05) is 31.5 Å². The number of ether oxygens (including phenoxy) is 3. The Morgan fingerprint density at radius 2 is 1.68 bits per heavy atom. The summed E-state index contributed by atoms with van der Waals surface area (Å²) in [6, 6.07) is 10.6. The number of carbonyl (C=O) groups excluding carboxylic acids is 3. The third-order valence-electron chi connectivity index (χ3n) is 4.42. The molecule has 2 amide bonds. The molecule has 1 unspecified atom stereocenters. The van der Waals surface area contributed by atoms with Crippen LogP contribution in [0.15, 0.2) is 42.5 Å². The molecule has 2 aromatic carbocycles. The highest BCUT2D eigenvalue weighted by molar-refractivity contribution is 6.23. The summed E-state index contributed by atoms with van der Waals surface area (Å²) in [4.78, 5) is 37.9. The van der Waals surface area contributed by atoms with Gasteiger partial charge in [-0.2, -0.15) is 0 Å². The van der Waals surface area contributed by atoms with Crippen LogP contribution in [0.1, 0.15) is 16.8 Å². The molecule has 8 heteroatoms. The van der Waals surface area contributed by atoms with Crippen LogP contribution in [0.4, 0.5) is 11.4 Å². The van der Waals surface area contributed by atoms with E-state index in [1.165, 1.54) is 21.3 Å². The Kier molecular flexibility index (Phi) is 5.49. The van der Waals surface area contributed by atoms with Gasteiger partial charge in [0.2, 0.25) is 5.91 Å². The third-order valence-corrected chi connectivity index (χ3v) is 4.42. The number of nitrogens with zero attached hydrogens (tertiary/aromatic N) is 1. The largest absolute Gasteiger partial charge is 0.493 e. The number of carbonyl (C=O) groups is 3. The van der Waals surface area contributed by atoms with E-state index in [-0.39, 0.29) is 18.2 Å². The van der Waals surface area contributed by atoms with Crippen LogP contribution in [0.2, 0.25) is 0 Å². The van der Waals surface area contributed by atoms with E-state index in [0.717, 1.165) is 4.90 Å². The number of imide groups is 1. The molecule has 2 aromatic rings. The Balaban J connectivity index is 1.77. The zero-order valence-corrected chi connectivity index (χ0v) is 15.7. The summed E-state index contributed by atoms with van der Waals surface area (Å²) < 4.78 is 15.1. The molecule has 1 heterocycles. The fourth-order valence-electron chi connectivity index (χ4n) is 3.00. The van der Waals surface area contributed by atoms with E-state index in [2.05, 4.69) is 10.1 Å². The first-order chi connectivity index (χ1) is 13.5. The second-order valence-electron chi connectivity index (χ2n) is 6.08. The van der Waals surface area contributed by atoms with Gasteiger partial charge in [-0.25, -0.2) is 9.69 Å². The first-order valence-electron chi connectivity index (χ1n) is 8.52. The van der Waals surface area contributed by atoms with Crippen molar-refractivity contribution in [1.29, 1.82) is 0 Å². The van der Waals surface area contributed by atoms with E-state index in [1.54, 1.807) is 42.5 Å². The highest BCUT2D eigenvalue weighted by Gasteiger charge is 2.39. The smallest absolute Gasteiger partial charge is 0.337 e. The molecule has 0 aliphatic carbocycles. The second-order valence-corrected chi connectivity index (χ2v) is 6.08. The standard InChI is InChI=1S/C20H20N2O6/c1-26-16-9-8-14(10-17(16)27-2)22-18(23)11-15(19(22)24)21-13-6-4-12(5-7-13)20(25)28-3/h4-10,15,21H,11H2,1-3H3. The molecule has 1 N–H and O–H groups in total. The van der Waals surface area contributed by atoms with Gasteiger partial charge in [-0.05, 0) is 36.4 Å². The molecule has 146 valence electrons. The number of benzene rings is 2. The minimum Gasteiger partial charge on any atom is -0.493 e. The predicted octanol–water partition coefficient (Wildman–Crippen LogP) is 2.23. The summed E-state index contributed by atoms with van der Waals surface area (Å²) in [7, 11) is 4.30. The minimum atomic E-state index is -0.704. The monoisotopic (exact) mass is 384 g/mol. The van der Waals surface area contributed by atoms with Gasteiger partial charge in [0.1, 0.15) is 6.04 Å². The van der Waals surface area contributed by atoms with Crippen LogP contribution in [0.3, 0.4) is 0 Å². The zero-order valence-electron chi connectivity index (χ0n) is 15.7. The number of hydrogen-bond donors (Lipinski definition) is 1.